The molecule has 0 spiro atoms. The highest BCUT2D eigenvalue weighted by molar-refractivity contribution is 7.88. The number of H-pyrrole nitrogens is 1. The van der Waals surface area contributed by atoms with Crippen molar-refractivity contribution in [3.63, 3.8) is 0 Å². The van der Waals surface area contributed by atoms with Crippen LogP contribution in [0.5, 0.6) is 0 Å². The lowest BCUT2D eigenvalue weighted by molar-refractivity contribution is 0.567. The van der Waals surface area contributed by atoms with Crippen LogP contribution in [0.3, 0.4) is 0 Å². The van der Waals surface area contributed by atoms with E-state index in [1.165, 1.54) is 23.1 Å². The molecule has 0 radical (unpaired) electrons. The van der Waals surface area contributed by atoms with Crippen LogP contribution in [0.2, 0.25) is 0 Å². The second-order valence-electron chi connectivity index (χ2n) is 6.95. The van der Waals surface area contributed by atoms with E-state index in [9.17, 15) is 8.42 Å². The van der Waals surface area contributed by atoms with Gasteiger partial charge < -0.3 is 9.88 Å². The van der Waals surface area contributed by atoms with Gasteiger partial charge in [-0.25, -0.2) is 13.1 Å². The molecule has 1 saturated heterocycles. The van der Waals surface area contributed by atoms with Crippen LogP contribution in [0.25, 0.3) is 17.2 Å². The first-order chi connectivity index (χ1) is 11.9. The van der Waals surface area contributed by atoms with Gasteiger partial charge in [0, 0.05) is 60.5 Å². The van der Waals surface area contributed by atoms with Crippen molar-refractivity contribution < 1.29 is 8.42 Å². The van der Waals surface area contributed by atoms with Gasteiger partial charge in [0.25, 0.3) is 0 Å². The van der Waals surface area contributed by atoms with Gasteiger partial charge in [-0.05, 0) is 31.6 Å². The number of pyridine rings is 1. The number of anilines is 1. The van der Waals surface area contributed by atoms with Crippen LogP contribution in [0.15, 0.2) is 30.1 Å². The number of hydrogen-bond acceptors (Lipinski definition) is 4. The average Bonchev–Trinajstić information content (AvgIpc) is 3.12. The van der Waals surface area contributed by atoms with Crippen molar-refractivity contribution in [1.82, 2.24) is 14.7 Å². The minimum atomic E-state index is -3.19. The number of sulfonamides is 1. The molecule has 7 heteroatoms. The third-order valence-corrected chi connectivity index (χ3v) is 5.57. The summed E-state index contributed by atoms with van der Waals surface area (Å²) in [5.41, 5.74) is 6.89. The van der Waals surface area contributed by atoms with Crippen molar-refractivity contribution in [2.75, 3.05) is 24.2 Å². The van der Waals surface area contributed by atoms with Crippen molar-refractivity contribution in [1.29, 1.82) is 0 Å². The largest absolute Gasteiger partial charge is 0.369 e. The summed E-state index contributed by atoms with van der Waals surface area (Å²) < 4.78 is 25.8. The van der Waals surface area contributed by atoms with E-state index in [-0.39, 0.29) is 6.04 Å². The van der Waals surface area contributed by atoms with Crippen LogP contribution in [-0.2, 0) is 16.4 Å². The molecule has 0 aromatic carbocycles. The summed E-state index contributed by atoms with van der Waals surface area (Å²) >= 11 is 0. The fourth-order valence-electron chi connectivity index (χ4n) is 3.84. The van der Waals surface area contributed by atoms with E-state index in [2.05, 4.69) is 38.7 Å². The summed E-state index contributed by atoms with van der Waals surface area (Å²) in [5, 5.41) is 0. The van der Waals surface area contributed by atoms with Crippen molar-refractivity contribution >= 4 is 21.8 Å². The smallest absolute Gasteiger partial charge is 0.209 e. The molecule has 132 valence electrons. The Morgan fingerprint density at radius 2 is 2.20 bits per heavy atom. The number of nitrogens with one attached hydrogen (secondary N) is 2. The second-order valence-corrected chi connectivity index (χ2v) is 8.73. The van der Waals surface area contributed by atoms with Gasteiger partial charge >= 0.3 is 0 Å². The van der Waals surface area contributed by atoms with Gasteiger partial charge in [0.15, 0.2) is 0 Å². The first kappa shape index (κ1) is 16.4. The zero-order chi connectivity index (χ0) is 17.6. The molecule has 0 saturated carbocycles. The van der Waals surface area contributed by atoms with E-state index >= 15 is 0 Å². The van der Waals surface area contributed by atoms with Gasteiger partial charge in [-0.2, -0.15) is 0 Å². The molecular formula is C18H22N4O2S. The Hall–Kier alpha value is -2.12. The van der Waals surface area contributed by atoms with Crippen molar-refractivity contribution in [2.45, 2.75) is 25.8 Å². The summed E-state index contributed by atoms with van der Waals surface area (Å²) in [7, 11) is -3.19. The van der Waals surface area contributed by atoms with Crippen LogP contribution in [0.1, 0.15) is 24.7 Å². The van der Waals surface area contributed by atoms with Gasteiger partial charge in [0.1, 0.15) is 0 Å². The fourth-order valence-corrected chi connectivity index (χ4v) is 4.64. The molecule has 1 unspecified atom stereocenters. The molecule has 2 aromatic rings. The van der Waals surface area contributed by atoms with Crippen molar-refractivity contribution in [2.24, 2.45) is 0 Å². The molecule has 3 heterocycles. The van der Waals surface area contributed by atoms with E-state index in [1.54, 1.807) is 0 Å². The number of fused-ring (bicyclic) bond motifs is 3. The maximum atomic E-state index is 11.5. The minimum absolute atomic E-state index is 0.0485. The normalized spacial score (nSPS) is 20.0. The molecule has 0 amide bonds. The van der Waals surface area contributed by atoms with Crippen LogP contribution in [-0.4, -0.2) is 43.8 Å². The van der Waals surface area contributed by atoms with Gasteiger partial charge in [-0.3, -0.25) is 4.98 Å². The zero-order valence-corrected chi connectivity index (χ0v) is 15.2. The molecule has 4 rings (SSSR count). The minimum Gasteiger partial charge on any atom is -0.369 e. The zero-order valence-electron chi connectivity index (χ0n) is 14.4. The molecular weight excluding hydrogens is 336 g/mol. The van der Waals surface area contributed by atoms with E-state index in [0.717, 1.165) is 36.3 Å². The molecule has 2 aliphatic rings. The van der Waals surface area contributed by atoms with Crippen LogP contribution in [0, 0.1) is 0 Å². The molecule has 0 bridgehead atoms. The maximum Gasteiger partial charge on any atom is 0.209 e. The summed E-state index contributed by atoms with van der Waals surface area (Å²) in [6, 6.07) is 4.09. The molecule has 1 aliphatic heterocycles. The topological polar surface area (TPSA) is 78.1 Å². The molecule has 25 heavy (non-hydrogen) atoms. The Morgan fingerprint density at radius 3 is 3.00 bits per heavy atom. The highest BCUT2D eigenvalue weighted by Crippen LogP contribution is 2.39. The number of aromatic nitrogens is 2. The van der Waals surface area contributed by atoms with Crippen LogP contribution >= 0.6 is 0 Å². The Bertz CT molecular complexity index is 946. The average molecular weight is 358 g/mol. The van der Waals surface area contributed by atoms with Gasteiger partial charge in [0.05, 0.1) is 11.9 Å². The van der Waals surface area contributed by atoms with Crippen LogP contribution in [0.4, 0.5) is 5.69 Å². The number of rotatable bonds is 3. The lowest BCUT2D eigenvalue weighted by Gasteiger charge is -2.23. The molecule has 2 aromatic heterocycles. The number of aromatic amines is 1. The third-order valence-electron chi connectivity index (χ3n) is 4.81. The van der Waals surface area contributed by atoms with Gasteiger partial charge in [-0.1, -0.05) is 5.57 Å². The number of allylic oxidation sites excluding steroid dienone is 1. The Morgan fingerprint density at radius 1 is 1.36 bits per heavy atom. The SMILES string of the molecule is CC1=Cc2nccc(N3CCC(NS(C)(=O)=O)C3)c2-c2cc[nH]c2C1. The highest BCUT2D eigenvalue weighted by atomic mass is 32.2. The lowest BCUT2D eigenvalue weighted by atomic mass is 10.0. The molecule has 1 aliphatic carbocycles. The summed E-state index contributed by atoms with van der Waals surface area (Å²) in [5.74, 6) is 0. The Labute approximate surface area is 148 Å². The monoisotopic (exact) mass is 358 g/mol. The number of nitrogens with zero attached hydrogens (tertiary/aromatic N) is 2. The fraction of sp³-hybridized carbons (Fsp3) is 0.389. The second kappa shape index (κ2) is 6.00. The van der Waals surface area contributed by atoms with E-state index in [4.69, 9.17) is 0 Å². The molecule has 1 atom stereocenters. The molecule has 1 fully saturated rings. The number of hydrogen-bond donors (Lipinski definition) is 2. The van der Waals surface area contributed by atoms with E-state index in [0.29, 0.717) is 6.54 Å². The summed E-state index contributed by atoms with van der Waals surface area (Å²) in [6.07, 6.45) is 8.87. The first-order valence-corrected chi connectivity index (χ1v) is 10.3. The molecule has 6 nitrogen and oxygen atoms in total. The predicted octanol–water partition coefficient (Wildman–Crippen LogP) is 2.16. The van der Waals surface area contributed by atoms with Crippen molar-refractivity contribution in [3.05, 3.63) is 41.5 Å². The molecule has 2 N–H and O–H groups in total. The van der Waals surface area contributed by atoms with Gasteiger partial charge in [-0.15, -0.1) is 0 Å². The van der Waals surface area contributed by atoms with Gasteiger partial charge in [0.2, 0.25) is 10.0 Å². The van der Waals surface area contributed by atoms with E-state index < -0.39 is 10.0 Å². The Kier molecular flexibility index (Phi) is 3.92. The standard InChI is InChI=1S/C18H22N4O2S/c1-12-9-15-14(3-6-19-15)18-16(10-12)20-7-4-17(18)22-8-5-13(11-22)21-25(2,23)24/h3-4,6-7,10,13,19,21H,5,8-9,11H2,1-2H3. The maximum absolute atomic E-state index is 11.5. The van der Waals surface area contributed by atoms with Crippen molar-refractivity contribution in [3.8, 4) is 11.1 Å². The first-order valence-electron chi connectivity index (χ1n) is 8.46. The summed E-state index contributed by atoms with van der Waals surface area (Å²) in [6.45, 7) is 3.62. The third kappa shape index (κ3) is 3.21. The van der Waals surface area contributed by atoms with Crippen LogP contribution < -0.4 is 9.62 Å². The quantitative estimate of drug-likeness (QED) is 0.881. The summed E-state index contributed by atoms with van der Waals surface area (Å²) in [4.78, 5) is 10.2. The Balaban J connectivity index is 1.74. The lowest BCUT2D eigenvalue weighted by Crippen LogP contribution is -2.36. The van der Waals surface area contributed by atoms with E-state index in [1.807, 2.05) is 18.5 Å². The highest BCUT2D eigenvalue weighted by Gasteiger charge is 2.28. The predicted molar refractivity (Wildman–Crippen MR) is 100.0 cm³/mol.